The Morgan fingerprint density at radius 1 is 0.848 bits per heavy atom. The van der Waals surface area contributed by atoms with Crippen LogP contribution in [0.15, 0.2) is 71.6 Å². The Kier molecular flexibility index (Phi) is 7.78. The van der Waals surface area contributed by atoms with Crippen LogP contribution < -0.4 is 24.2 Å². The van der Waals surface area contributed by atoms with Crippen LogP contribution in [0.2, 0.25) is 0 Å². The molecule has 0 unspecified atom stereocenters. The SMILES string of the molecule is COc1ccc(NS(=O)(=O)c2cccc(C(=O)NCCc3ccc(OC)c(OC)c3)c2)cc1. The molecule has 9 heteroatoms. The average molecular weight is 471 g/mol. The summed E-state index contributed by atoms with van der Waals surface area (Å²) in [6.45, 7) is 0.370. The van der Waals surface area contributed by atoms with Crippen molar-refractivity contribution >= 4 is 21.6 Å². The van der Waals surface area contributed by atoms with Crippen LogP contribution in [0, 0.1) is 0 Å². The molecule has 174 valence electrons. The third-order valence-corrected chi connectivity index (χ3v) is 6.27. The number of sulfonamides is 1. The van der Waals surface area contributed by atoms with Gasteiger partial charge in [-0.3, -0.25) is 9.52 Å². The minimum absolute atomic E-state index is 0.00846. The van der Waals surface area contributed by atoms with Crippen LogP contribution >= 0.6 is 0 Å². The van der Waals surface area contributed by atoms with E-state index in [1.165, 1.54) is 25.3 Å². The third kappa shape index (κ3) is 6.17. The lowest BCUT2D eigenvalue weighted by atomic mass is 10.1. The molecule has 3 rings (SSSR count). The van der Waals surface area contributed by atoms with Gasteiger partial charge in [-0.05, 0) is 66.6 Å². The number of ether oxygens (including phenoxy) is 3. The number of anilines is 1. The highest BCUT2D eigenvalue weighted by Crippen LogP contribution is 2.27. The van der Waals surface area contributed by atoms with Gasteiger partial charge < -0.3 is 19.5 Å². The van der Waals surface area contributed by atoms with Crippen LogP contribution in [0.25, 0.3) is 0 Å². The average Bonchev–Trinajstić information content (AvgIpc) is 2.84. The number of hydrogen-bond acceptors (Lipinski definition) is 6. The van der Waals surface area contributed by atoms with Crippen molar-refractivity contribution < 1.29 is 27.4 Å². The molecular weight excluding hydrogens is 444 g/mol. The topological polar surface area (TPSA) is 103 Å². The molecule has 1 amide bonds. The van der Waals surface area contributed by atoms with Crippen molar-refractivity contribution in [3.8, 4) is 17.2 Å². The molecule has 0 bridgehead atoms. The van der Waals surface area contributed by atoms with E-state index in [1.807, 2.05) is 12.1 Å². The van der Waals surface area contributed by atoms with Crippen molar-refractivity contribution in [1.29, 1.82) is 0 Å². The standard InChI is InChI=1S/C24H26N2O6S/c1-30-20-10-8-19(9-11-20)26-33(28,29)21-6-4-5-18(16-21)24(27)25-14-13-17-7-12-22(31-2)23(15-17)32-3/h4-12,15-16,26H,13-14H2,1-3H3,(H,25,27). The Hall–Kier alpha value is -3.72. The Labute approximate surface area is 193 Å². The zero-order chi connectivity index (χ0) is 23.8. The molecule has 3 aromatic rings. The van der Waals surface area contributed by atoms with Crippen LogP contribution in [-0.2, 0) is 16.4 Å². The number of carbonyl (C=O) groups excluding carboxylic acids is 1. The highest BCUT2D eigenvalue weighted by Gasteiger charge is 2.17. The number of nitrogens with one attached hydrogen (secondary N) is 2. The van der Waals surface area contributed by atoms with Gasteiger partial charge in [0.15, 0.2) is 11.5 Å². The summed E-state index contributed by atoms with van der Waals surface area (Å²) in [5.74, 6) is 1.50. The molecule has 3 aromatic carbocycles. The van der Waals surface area contributed by atoms with E-state index in [9.17, 15) is 13.2 Å². The summed E-state index contributed by atoms with van der Waals surface area (Å²) < 4.78 is 43.6. The zero-order valence-corrected chi connectivity index (χ0v) is 19.4. The van der Waals surface area contributed by atoms with Crippen LogP contribution in [0.5, 0.6) is 17.2 Å². The molecule has 8 nitrogen and oxygen atoms in total. The van der Waals surface area contributed by atoms with Gasteiger partial charge in [0.25, 0.3) is 15.9 Å². The third-order valence-electron chi connectivity index (χ3n) is 4.90. The van der Waals surface area contributed by atoms with Crippen LogP contribution in [-0.4, -0.2) is 42.2 Å². The molecule has 0 heterocycles. The Bertz CT molecular complexity index is 1210. The fourth-order valence-corrected chi connectivity index (χ4v) is 4.24. The molecule has 0 fully saturated rings. The fourth-order valence-electron chi connectivity index (χ4n) is 3.14. The number of hydrogen-bond donors (Lipinski definition) is 2. The molecule has 0 aliphatic rings. The van der Waals surface area contributed by atoms with E-state index in [2.05, 4.69) is 10.0 Å². The summed E-state index contributed by atoms with van der Waals surface area (Å²) in [6.07, 6.45) is 0.573. The minimum atomic E-state index is -3.86. The predicted molar refractivity (Wildman–Crippen MR) is 126 cm³/mol. The highest BCUT2D eigenvalue weighted by atomic mass is 32.2. The summed E-state index contributed by atoms with van der Waals surface area (Å²) >= 11 is 0. The van der Waals surface area contributed by atoms with Gasteiger partial charge in [0.05, 0.1) is 26.2 Å². The second-order valence-electron chi connectivity index (χ2n) is 7.06. The fraction of sp³-hybridized carbons (Fsp3) is 0.208. The van der Waals surface area contributed by atoms with Crippen molar-refractivity contribution in [3.05, 3.63) is 77.9 Å². The molecule has 0 saturated carbocycles. The Morgan fingerprint density at radius 2 is 1.58 bits per heavy atom. The van der Waals surface area contributed by atoms with Gasteiger partial charge in [-0.25, -0.2) is 8.42 Å². The van der Waals surface area contributed by atoms with Crippen molar-refractivity contribution in [3.63, 3.8) is 0 Å². The van der Waals surface area contributed by atoms with E-state index in [0.29, 0.717) is 35.9 Å². The molecule has 0 spiro atoms. The number of methoxy groups -OCH3 is 3. The predicted octanol–water partition coefficient (Wildman–Crippen LogP) is 3.49. The van der Waals surface area contributed by atoms with E-state index in [0.717, 1.165) is 5.56 Å². The Morgan fingerprint density at radius 3 is 2.24 bits per heavy atom. The van der Waals surface area contributed by atoms with E-state index >= 15 is 0 Å². The minimum Gasteiger partial charge on any atom is -0.497 e. The first-order chi connectivity index (χ1) is 15.9. The summed E-state index contributed by atoms with van der Waals surface area (Å²) in [6, 6.07) is 17.9. The number of rotatable bonds is 10. The smallest absolute Gasteiger partial charge is 0.261 e. The Balaban J connectivity index is 1.64. The molecule has 0 atom stereocenters. The number of benzene rings is 3. The molecule has 0 aliphatic carbocycles. The maximum atomic E-state index is 12.7. The lowest BCUT2D eigenvalue weighted by molar-refractivity contribution is 0.0954. The highest BCUT2D eigenvalue weighted by molar-refractivity contribution is 7.92. The zero-order valence-electron chi connectivity index (χ0n) is 18.6. The first-order valence-corrected chi connectivity index (χ1v) is 11.6. The summed E-state index contributed by atoms with van der Waals surface area (Å²) in [4.78, 5) is 12.6. The summed E-state index contributed by atoms with van der Waals surface area (Å²) in [5, 5.41) is 2.81. The van der Waals surface area contributed by atoms with Gasteiger partial charge in [0, 0.05) is 17.8 Å². The van der Waals surface area contributed by atoms with Crippen LogP contribution in [0.1, 0.15) is 15.9 Å². The van der Waals surface area contributed by atoms with Crippen molar-refractivity contribution in [2.45, 2.75) is 11.3 Å². The van der Waals surface area contributed by atoms with Crippen molar-refractivity contribution in [2.75, 3.05) is 32.6 Å². The first-order valence-electron chi connectivity index (χ1n) is 10.1. The van der Waals surface area contributed by atoms with Crippen molar-refractivity contribution in [2.24, 2.45) is 0 Å². The number of carbonyl (C=O) groups is 1. The monoisotopic (exact) mass is 470 g/mol. The largest absolute Gasteiger partial charge is 0.497 e. The van der Waals surface area contributed by atoms with E-state index in [1.54, 1.807) is 50.6 Å². The van der Waals surface area contributed by atoms with E-state index < -0.39 is 10.0 Å². The van der Waals surface area contributed by atoms with Gasteiger partial charge in [-0.1, -0.05) is 12.1 Å². The molecule has 0 saturated heterocycles. The number of amides is 1. The molecule has 0 aliphatic heterocycles. The molecule has 0 aromatic heterocycles. The molecule has 33 heavy (non-hydrogen) atoms. The summed E-state index contributed by atoms with van der Waals surface area (Å²) in [7, 11) is 0.799. The van der Waals surface area contributed by atoms with Gasteiger partial charge in [0.1, 0.15) is 5.75 Å². The van der Waals surface area contributed by atoms with Gasteiger partial charge in [-0.15, -0.1) is 0 Å². The quantitative estimate of drug-likeness (QED) is 0.470. The molecular formula is C24H26N2O6S. The van der Waals surface area contributed by atoms with Gasteiger partial charge >= 0.3 is 0 Å². The normalized spacial score (nSPS) is 10.9. The molecule has 2 N–H and O–H groups in total. The second kappa shape index (κ2) is 10.7. The maximum absolute atomic E-state index is 12.7. The van der Waals surface area contributed by atoms with Gasteiger partial charge in [0.2, 0.25) is 0 Å². The maximum Gasteiger partial charge on any atom is 0.261 e. The van der Waals surface area contributed by atoms with Crippen LogP contribution in [0.4, 0.5) is 5.69 Å². The molecule has 0 radical (unpaired) electrons. The lowest BCUT2D eigenvalue weighted by Crippen LogP contribution is -2.26. The van der Waals surface area contributed by atoms with Gasteiger partial charge in [-0.2, -0.15) is 0 Å². The van der Waals surface area contributed by atoms with Crippen molar-refractivity contribution in [1.82, 2.24) is 5.32 Å². The first kappa shape index (κ1) is 23.9. The van der Waals surface area contributed by atoms with E-state index in [4.69, 9.17) is 14.2 Å². The van der Waals surface area contributed by atoms with E-state index in [-0.39, 0.29) is 16.4 Å². The van der Waals surface area contributed by atoms with Crippen LogP contribution in [0.3, 0.4) is 0 Å². The lowest BCUT2D eigenvalue weighted by Gasteiger charge is -2.11. The summed E-state index contributed by atoms with van der Waals surface area (Å²) in [5.41, 5.74) is 1.61. The second-order valence-corrected chi connectivity index (χ2v) is 8.74.